The van der Waals surface area contributed by atoms with Crippen molar-refractivity contribution in [3.8, 4) is 5.75 Å². The molecule has 0 saturated heterocycles. The van der Waals surface area contributed by atoms with Crippen LogP contribution >= 0.6 is 0 Å². The number of benzene rings is 1. The number of carbonyl (C=O) groups is 4. The molecular formula is C24H28O7. The first-order valence-corrected chi connectivity index (χ1v) is 10.8. The van der Waals surface area contributed by atoms with Gasteiger partial charge in [-0.3, -0.25) is 19.2 Å². The molecule has 6 unspecified atom stereocenters. The Balaban J connectivity index is 1.67. The van der Waals surface area contributed by atoms with Crippen molar-refractivity contribution in [2.75, 3.05) is 0 Å². The number of hydrogen-bond donors (Lipinski definition) is 0. The molecule has 0 N–H and O–H groups in total. The van der Waals surface area contributed by atoms with E-state index in [1.807, 2.05) is 6.07 Å². The number of esters is 3. The second-order valence-electron chi connectivity index (χ2n) is 9.30. The molecule has 1 aromatic carbocycles. The van der Waals surface area contributed by atoms with Crippen LogP contribution in [0.15, 0.2) is 18.2 Å². The summed E-state index contributed by atoms with van der Waals surface area (Å²) in [5, 5.41) is 0. The molecule has 1 aromatic rings. The van der Waals surface area contributed by atoms with Gasteiger partial charge in [-0.2, -0.15) is 0 Å². The van der Waals surface area contributed by atoms with Crippen LogP contribution in [0.4, 0.5) is 0 Å². The molecule has 3 aliphatic rings. The summed E-state index contributed by atoms with van der Waals surface area (Å²) in [6.45, 7) is 6.15. The van der Waals surface area contributed by atoms with Crippen molar-refractivity contribution < 1.29 is 33.4 Å². The minimum atomic E-state index is -0.511. The Morgan fingerprint density at radius 1 is 1.03 bits per heavy atom. The molecule has 166 valence electrons. The van der Waals surface area contributed by atoms with Gasteiger partial charge >= 0.3 is 17.9 Å². The van der Waals surface area contributed by atoms with Crippen molar-refractivity contribution in [1.82, 2.24) is 0 Å². The summed E-state index contributed by atoms with van der Waals surface area (Å²) in [5.74, 6) is -0.459. The number of ketones is 1. The summed E-state index contributed by atoms with van der Waals surface area (Å²) in [7, 11) is 0. The standard InChI is InChI=1S/C24H28O7/c1-12(25)29-15-5-6-16-17-7-8-24(4)20(18(17)10-21(28)19(16)9-15)11-22(30-13(2)26)23(24)31-14(3)27/h5-6,9,17-18,20,22-23H,7-8,10-11H2,1-4H3. The fourth-order valence-corrected chi connectivity index (χ4v) is 6.27. The van der Waals surface area contributed by atoms with Crippen LogP contribution in [0.5, 0.6) is 5.75 Å². The van der Waals surface area contributed by atoms with E-state index in [4.69, 9.17) is 14.2 Å². The summed E-state index contributed by atoms with van der Waals surface area (Å²) in [6, 6.07) is 5.30. The normalized spacial score (nSPS) is 33.5. The average molecular weight is 428 g/mol. The number of fused-ring (bicyclic) bond motifs is 5. The highest BCUT2D eigenvalue weighted by Gasteiger charge is 2.61. The largest absolute Gasteiger partial charge is 0.459 e. The molecule has 2 saturated carbocycles. The van der Waals surface area contributed by atoms with E-state index in [-0.39, 0.29) is 29.0 Å². The highest BCUT2D eigenvalue weighted by molar-refractivity contribution is 5.99. The van der Waals surface area contributed by atoms with E-state index in [1.165, 1.54) is 20.8 Å². The number of rotatable bonds is 3. The summed E-state index contributed by atoms with van der Waals surface area (Å²) in [5.41, 5.74) is 1.25. The van der Waals surface area contributed by atoms with Crippen LogP contribution in [0.25, 0.3) is 0 Å². The number of Topliss-reactive ketones (excluding diaryl/α,β-unsaturated/α-hetero) is 1. The highest BCUT2D eigenvalue weighted by Crippen LogP contribution is 2.62. The van der Waals surface area contributed by atoms with Gasteiger partial charge in [0.1, 0.15) is 18.0 Å². The average Bonchev–Trinajstić information content (AvgIpc) is 2.93. The SMILES string of the molecule is CC(=O)Oc1ccc2c(c1)C(=O)CC1C2CCC2(C)C1CC(OC(C)=O)C2OC(C)=O. The molecular weight excluding hydrogens is 400 g/mol. The lowest BCUT2D eigenvalue weighted by atomic mass is 9.55. The smallest absolute Gasteiger partial charge is 0.308 e. The van der Waals surface area contributed by atoms with Crippen LogP contribution in [0, 0.1) is 17.3 Å². The van der Waals surface area contributed by atoms with Crippen LogP contribution in [-0.2, 0) is 23.9 Å². The quantitative estimate of drug-likeness (QED) is 0.536. The summed E-state index contributed by atoms with van der Waals surface area (Å²) < 4.78 is 16.4. The summed E-state index contributed by atoms with van der Waals surface area (Å²) in [6.07, 6.45) is 1.58. The molecule has 0 amide bonds. The molecule has 7 heteroatoms. The third-order valence-corrected chi connectivity index (χ3v) is 7.37. The fraction of sp³-hybridized carbons (Fsp3) is 0.583. The van der Waals surface area contributed by atoms with E-state index in [0.29, 0.717) is 24.2 Å². The second-order valence-corrected chi connectivity index (χ2v) is 9.30. The maximum atomic E-state index is 13.1. The molecule has 0 aromatic heterocycles. The minimum absolute atomic E-state index is 0.0227. The third-order valence-electron chi connectivity index (χ3n) is 7.37. The molecule has 0 spiro atoms. The molecule has 0 bridgehead atoms. The van der Waals surface area contributed by atoms with Crippen LogP contribution in [0.1, 0.15) is 75.2 Å². The third kappa shape index (κ3) is 3.75. The Kier molecular flexibility index (Phi) is 5.40. The summed E-state index contributed by atoms with van der Waals surface area (Å²) >= 11 is 0. The van der Waals surface area contributed by atoms with Crippen LogP contribution in [-0.4, -0.2) is 35.9 Å². The number of carbonyl (C=O) groups excluding carboxylic acids is 4. The van der Waals surface area contributed by atoms with Crippen molar-refractivity contribution in [3.63, 3.8) is 0 Å². The molecule has 31 heavy (non-hydrogen) atoms. The molecule has 7 nitrogen and oxygen atoms in total. The molecule has 4 rings (SSSR count). The van der Waals surface area contributed by atoms with Gasteiger partial charge in [-0.05, 0) is 54.7 Å². The zero-order valence-corrected chi connectivity index (χ0v) is 18.3. The monoisotopic (exact) mass is 428 g/mol. The van der Waals surface area contributed by atoms with E-state index in [9.17, 15) is 19.2 Å². The van der Waals surface area contributed by atoms with E-state index >= 15 is 0 Å². The van der Waals surface area contributed by atoms with E-state index in [2.05, 4.69) is 6.92 Å². The van der Waals surface area contributed by atoms with Gasteiger partial charge in [-0.25, -0.2) is 0 Å². The summed E-state index contributed by atoms with van der Waals surface area (Å²) in [4.78, 5) is 47.9. The first kappa shape index (κ1) is 21.5. The lowest BCUT2D eigenvalue weighted by molar-refractivity contribution is -0.171. The second kappa shape index (κ2) is 7.77. The number of ether oxygens (including phenoxy) is 3. The maximum Gasteiger partial charge on any atom is 0.308 e. The maximum absolute atomic E-state index is 13.1. The Morgan fingerprint density at radius 2 is 1.74 bits per heavy atom. The molecule has 0 heterocycles. The van der Waals surface area contributed by atoms with E-state index in [1.54, 1.807) is 12.1 Å². The fourth-order valence-electron chi connectivity index (χ4n) is 6.27. The Labute approximate surface area is 181 Å². The van der Waals surface area contributed by atoms with Gasteiger partial charge in [0.15, 0.2) is 5.78 Å². The van der Waals surface area contributed by atoms with Gasteiger partial charge in [-0.15, -0.1) is 0 Å². The van der Waals surface area contributed by atoms with Gasteiger partial charge in [0.05, 0.1) is 0 Å². The molecule has 6 atom stereocenters. The lowest BCUT2D eigenvalue weighted by Crippen LogP contribution is -2.47. The first-order chi connectivity index (χ1) is 14.6. The van der Waals surface area contributed by atoms with Gasteiger partial charge < -0.3 is 14.2 Å². The first-order valence-electron chi connectivity index (χ1n) is 10.8. The van der Waals surface area contributed by atoms with Crippen molar-refractivity contribution in [2.45, 2.75) is 71.5 Å². The Bertz CT molecular complexity index is 951. The van der Waals surface area contributed by atoms with Gasteiger partial charge in [-0.1, -0.05) is 13.0 Å². The highest BCUT2D eigenvalue weighted by atomic mass is 16.6. The van der Waals surface area contributed by atoms with Crippen molar-refractivity contribution in [1.29, 1.82) is 0 Å². The minimum Gasteiger partial charge on any atom is -0.459 e. The van der Waals surface area contributed by atoms with Crippen LogP contribution in [0.2, 0.25) is 0 Å². The van der Waals surface area contributed by atoms with Crippen LogP contribution in [0.3, 0.4) is 0 Å². The predicted octanol–water partition coefficient (Wildman–Crippen LogP) is 3.58. The Morgan fingerprint density at radius 3 is 2.39 bits per heavy atom. The lowest BCUT2D eigenvalue weighted by Gasteiger charge is -2.49. The molecule has 0 aliphatic heterocycles. The number of hydrogen-bond acceptors (Lipinski definition) is 7. The Hall–Kier alpha value is -2.70. The zero-order valence-electron chi connectivity index (χ0n) is 18.3. The van der Waals surface area contributed by atoms with Crippen molar-refractivity contribution in [3.05, 3.63) is 29.3 Å². The molecule has 0 radical (unpaired) electrons. The molecule has 3 aliphatic carbocycles. The van der Waals surface area contributed by atoms with Crippen LogP contribution < -0.4 is 4.74 Å². The van der Waals surface area contributed by atoms with Gasteiger partial charge in [0.25, 0.3) is 0 Å². The zero-order chi connectivity index (χ0) is 22.5. The van der Waals surface area contributed by atoms with Crippen molar-refractivity contribution in [2.24, 2.45) is 17.3 Å². The molecule has 2 fully saturated rings. The topological polar surface area (TPSA) is 96.0 Å². The van der Waals surface area contributed by atoms with Gasteiger partial charge in [0.2, 0.25) is 0 Å². The van der Waals surface area contributed by atoms with Gasteiger partial charge in [0, 0.05) is 38.2 Å². The van der Waals surface area contributed by atoms with Crippen molar-refractivity contribution >= 4 is 23.7 Å². The van der Waals surface area contributed by atoms with E-state index < -0.39 is 30.1 Å². The van der Waals surface area contributed by atoms with E-state index in [0.717, 1.165) is 18.4 Å². The predicted molar refractivity (Wildman–Crippen MR) is 109 cm³/mol.